The summed E-state index contributed by atoms with van der Waals surface area (Å²) in [6.07, 6.45) is 2.65. The Labute approximate surface area is 190 Å². The molecule has 0 fully saturated rings. The zero-order valence-electron chi connectivity index (χ0n) is 18.1. The van der Waals surface area contributed by atoms with Crippen LogP contribution in [0.2, 0.25) is 0 Å². The fourth-order valence-electron chi connectivity index (χ4n) is 4.14. The molecular formula is C24H25N3O4S. The number of anilines is 1. The van der Waals surface area contributed by atoms with Crippen molar-refractivity contribution >= 4 is 34.1 Å². The summed E-state index contributed by atoms with van der Waals surface area (Å²) < 4.78 is 7.30. The number of esters is 1. The molecular weight excluding hydrogens is 426 g/mol. The van der Waals surface area contributed by atoms with Crippen LogP contribution in [0.25, 0.3) is 0 Å². The molecule has 0 saturated carbocycles. The summed E-state index contributed by atoms with van der Waals surface area (Å²) in [7, 11) is 0. The number of hydrogen-bond donors (Lipinski definition) is 2. The molecule has 0 spiro atoms. The van der Waals surface area contributed by atoms with Gasteiger partial charge in [-0.3, -0.25) is 9.59 Å². The predicted molar refractivity (Wildman–Crippen MR) is 123 cm³/mol. The highest BCUT2D eigenvalue weighted by atomic mass is 32.1. The maximum atomic E-state index is 12.6. The number of nitrogens with zero attached hydrogens (tertiary/aromatic N) is 1. The maximum absolute atomic E-state index is 12.6. The first-order chi connectivity index (χ1) is 15.3. The van der Waals surface area contributed by atoms with E-state index in [2.05, 4.69) is 5.32 Å². The lowest BCUT2D eigenvalue weighted by Gasteiger charge is -2.10. The normalized spacial score (nSPS) is 12.4. The third-order valence-electron chi connectivity index (χ3n) is 5.73. The molecule has 7 nitrogen and oxygen atoms in total. The van der Waals surface area contributed by atoms with Gasteiger partial charge < -0.3 is 20.4 Å². The smallest absolute Gasteiger partial charge is 0.340 e. The number of carbonyl (C=O) groups excluding carboxylic acids is 3. The number of rotatable bonds is 7. The molecule has 3 aromatic rings. The molecule has 3 N–H and O–H groups in total. The standard InChI is InChI=1S/C24H25N3O4S/c1-14-11-18(15(2)27(14)12-16-7-4-3-5-8-16)24(30)31-13-20(28)26-23-21(22(25)29)17-9-6-10-19(17)32-23/h3-5,7-8,11H,6,9-10,12-13H2,1-2H3,(H2,25,29)(H,26,28). The van der Waals surface area contributed by atoms with Crippen molar-refractivity contribution in [1.82, 2.24) is 4.57 Å². The van der Waals surface area contributed by atoms with Crippen LogP contribution in [0.1, 0.15) is 54.5 Å². The van der Waals surface area contributed by atoms with Crippen molar-refractivity contribution < 1.29 is 19.1 Å². The largest absolute Gasteiger partial charge is 0.452 e. The number of benzene rings is 1. The van der Waals surface area contributed by atoms with Crippen molar-refractivity contribution in [3.63, 3.8) is 0 Å². The number of nitrogens with two attached hydrogens (primary N) is 1. The fourth-order valence-corrected chi connectivity index (χ4v) is 5.45. The van der Waals surface area contributed by atoms with Gasteiger partial charge in [0.25, 0.3) is 11.8 Å². The Morgan fingerprint density at radius 3 is 2.62 bits per heavy atom. The number of hydrogen-bond acceptors (Lipinski definition) is 5. The number of aryl methyl sites for hydroxylation is 2. The number of thiophene rings is 1. The SMILES string of the molecule is Cc1cc(C(=O)OCC(=O)Nc2sc3c(c2C(N)=O)CCC3)c(C)n1Cc1ccccc1. The number of carbonyl (C=O) groups is 3. The highest BCUT2D eigenvalue weighted by Gasteiger charge is 2.26. The minimum absolute atomic E-state index is 0.381. The zero-order chi connectivity index (χ0) is 22.8. The molecule has 2 amide bonds. The molecule has 0 aliphatic heterocycles. The fraction of sp³-hybridized carbons (Fsp3) is 0.292. The van der Waals surface area contributed by atoms with Crippen molar-refractivity contribution in [2.24, 2.45) is 5.73 Å². The van der Waals surface area contributed by atoms with Gasteiger partial charge in [0.05, 0.1) is 11.1 Å². The summed E-state index contributed by atoms with van der Waals surface area (Å²) in [5.74, 6) is -1.61. The molecule has 32 heavy (non-hydrogen) atoms. The number of aromatic nitrogens is 1. The van der Waals surface area contributed by atoms with Crippen LogP contribution in [0.15, 0.2) is 36.4 Å². The quantitative estimate of drug-likeness (QED) is 0.536. The summed E-state index contributed by atoms with van der Waals surface area (Å²) in [4.78, 5) is 38.0. The second-order valence-electron chi connectivity index (χ2n) is 7.91. The molecule has 166 valence electrons. The van der Waals surface area contributed by atoms with Gasteiger partial charge in [-0.2, -0.15) is 0 Å². The average molecular weight is 452 g/mol. The molecule has 1 aliphatic rings. The molecule has 0 unspecified atom stereocenters. The second-order valence-corrected chi connectivity index (χ2v) is 9.01. The molecule has 8 heteroatoms. The van der Waals surface area contributed by atoms with Crippen molar-refractivity contribution in [3.8, 4) is 0 Å². The van der Waals surface area contributed by atoms with Crippen LogP contribution < -0.4 is 11.1 Å². The molecule has 2 heterocycles. The van der Waals surface area contributed by atoms with Crippen LogP contribution in [-0.4, -0.2) is 29.0 Å². The molecule has 1 aliphatic carbocycles. The number of ether oxygens (including phenoxy) is 1. The van der Waals surface area contributed by atoms with E-state index >= 15 is 0 Å². The Morgan fingerprint density at radius 1 is 1.16 bits per heavy atom. The van der Waals surface area contributed by atoms with E-state index in [1.165, 1.54) is 11.3 Å². The average Bonchev–Trinajstić information content (AvgIpc) is 3.41. The van der Waals surface area contributed by atoms with E-state index in [1.807, 2.05) is 48.7 Å². The predicted octanol–water partition coefficient (Wildman–Crippen LogP) is 3.60. The van der Waals surface area contributed by atoms with E-state index in [1.54, 1.807) is 6.07 Å². The minimum Gasteiger partial charge on any atom is -0.452 e. The highest BCUT2D eigenvalue weighted by molar-refractivity contribution is 7.17. The van der Waals surface area contributed by atoms with Crippen LogP contribution >= 0.6 is 11.3 Å². The summed E-state index contributed by atoms with van der Waals surface area (Å²) >= 11 is 1.37. The van der Waals surface area contributed by atoms with Gasteiger partial charge >= 0.3 is 5.97 Å². The molecule has 4 rings (SSSR count). The summed E-state index contributed by atoms with van der Waals surface area (Å²) in [5, 5.41) is 3.12. The highest BCUT2D eigenvalue weighted by Crippen LogP contribution is 2.38. The number of primary amides is 1. The first kappa shape index (κ1) is 21.8. The minimum atomic E-state index is -0.559. The lowest BCUT2D eigenvalue weighted by Crippen LogP contribution is -2.23. The Bertz CT molecular complexity index is 1190. The van der Waals surface area contributed by atoms with Crippen molar-refractivity contribution in [1.29, 1.82) is 0 Å². The molecule has 0 radical (unpaired) electrons. The van der Waals surface area contributed by atoms with Gasteiger partial charge in [-0.15, -0.1) is 11.3 Å². The Kier molecular flexibility index (Phi) is 6.14. The zero-order valence-corrected chi connectivity index (χ0v) is 18.9. The van der Waals surface area contributed by atoms with Crippen molar-refractivity contribution in [2.45, 2.75) is 39.7 Å². The second kappa shape index (κ2) is 9.00. The van der Waals surface area contributed by atoms with E-state index in [0.717, 1.165) is 46.7 Å². The van der Waals surface area contributed by atoms with E-state index < -0.39 is 24.4 Å². The van der Waals surface area contributed by atoms with Gasteiger partial charge in [0.15, 0.2) is 6.61 Å². The van der Waals surface area contributed by atoms with Crippen LogP contribution in [-0.2, 0) is 28.9 Å². The van der Waals surface area contributed by atoms with Crippen LogP contribution in [0.5, 0.6) is 0 Å². The van der Waals surface area contributed by atoms with E-state index in [4.69, 9.17) is 10.5 Å². The third kappa shape index (κ3) is 4.31. The molecule has 0 atom stereocenters. The van der Waals surface area contributed by atoms with E-state index in [9.17, 15) is 14.4 Å². The van der Waals surface area contributed by atoms with Gasteiger partial charge in [-0.1, -0.05) is 30.3 Å². The van der Waals surface area contributed by atoms with Gasteiger partial charge in [0.1, 0.15) is 5.00 Å². The molecule has 0 bridgehead atoms. The van der Waals surface area contributed by atoms with E-state index in [0.29, 0.717) is 22.7 Å². The molecule has 1 aromatic carbocycles. The van der Waals surface area contributed by atoms with Gasteiger partial charge in [-0.05, 0) is 50.3 Å². The maximum Gasteiger partial charge on any atom is 0.340 e. The Balaban J connectivity index is 1.41. The molecule has 0 saturated heterocycles. The number of fused-ring (bicyclic) bond motifs is 1. The number of amides is 2. The Morgan fingerprint density at radius 2 is 1.91 bits per heavy atom. The molecule has 2 aromatic heterocycles. The Hall–Kier alpha value is -3.39. The van der Waals surface area contributed by atoms with Crippen LogP contribution in [0.4, 0.5) is 5.00 Å². The van der Waals surface area contributed by atoms with Crippen LogP contribution in [0.3, 0.4) is 0 Å². The summed E-state index contributed by atoms with van der Waals surface area (Å²) in [5.41, 5.74) is 10.1. The van der Waals surface area contributed by atoms with Crippen molar-refractivity contribution in [3.05, 3.63) is 74.9 Å². The number of nitrogens with one attached hydrogen (secondary N) is 1. The first-order valence-corrected chi connectivity index (χ1v) is 11.3. The topological polar surface area (TPSA) is 103 Å². The monoisotopic (exact) mass is 451 g/mol. The summed E-state index contributed by atoms with van der Waals surface area (Å²) in [6, 6.07) is 11.7. The lowest BCUT2D eigenvalue weighted by molar-refractivity contribution is -0.119. The van der Waals surface area contributed by atoms with Gasteiger partial charge in [0, 0.05) is 22.8 Å². The van der Waals surface area contributed by atoms with E-state index in [-0.39, 0.29) is 0 Å². The summed E-state index contributed by atoms with van der Waals surface area (Å²) in [6.45, 7) is 3.99. The van der Waals surface area contributed by atoms with Gasteiger partial charge in [0.2, 0.25) is 0 Å². The first-order valence-electron chi connectivity index (χ1n) is 10.5. The van der Waals surface area contributed by atoms with Crippen LogP contribution in [0, 0.1) is 13.8 Å². The van der Waals surface area contributed by atoms with Gasteiger partial charge in [-0.25, -0.2) is 4.79 Å². The lowest BCUT2D eigenvalue weighted by atomic mass is 10.1. The third-order valence-corrected chi connectivity index (χ3v) is 6.94. The van der Waals surface area contributed by atoms with Crippen molar-refractivity contribution in [2.75, 3.05) is 11.9 Å².